The summed E-state index contributed by atoms with van der Waals surface area (Å²) in [5.41, 5.74) is 1.38. The molecule has 5 nitrogen and oxygen atoms in total. The van der Waals surface area contributed by atoms with Crippen molar-refractivity contribution >= 4 is 23.5 Å². The van der Waals surface area contributed by atoms with Gasteiger partial charge in [-0.05, 0) is 31.2 Å². The summed E-state index contributed by atoms with van der Waals surface area (Å²) in [4.78, 5) is 27.9. The number of esters is 2. The number of hydrogen-bond donors (Lipinski definition) is 0. The van der Waals surface area contributed by atoms with Crippen LogP contribution in [-0.4, -0.2) is 30.6 Å². The second kappa shape index (κ2) is 7.04. The van der Waals surface area contributed by atoms with Gasteiger partial charge in [0.1, 0.15) is 5.69 Å². The molecule has 1 aromatic carbocycles. The number of pyridine rings is 1. The summed E-state index contributed by atoms with van der Waals surface area (Å²) in [6.07, 6.45) is 0. The van der Waals surface area contributed by atoms with E-state index in [2.05, 4.69) is 9.72 Å². The molecule has 0 fully saturated rings. The Kier molecular flexibility index (Phi) is 5.12. The van der Waals surface area contributed by atoms with E-state index < -0.39 is 11.9 Å². The molecule has 0 unspecified atom stereocenters. The minimum absolute atomic E-state index is 0.112. The molecule has 0 amide bonds. The van der Waals surface area contributed by atoms with Crippen molar-refractivity contribution in [2.45, 2.75) is 6.92 Å². The van der Waals surface area contributed by atoms with E-state index in [0.29, 0.717) is 16.3 Å². The second-order valence-corrected chi connectivity index (χ2v) is 4.75. The summed E-state index contributed by atoms with van der Waals surface area (Å²) in [7, 11) is 1.27. The number of aromatic nitrogens is 1. The molecule has 2 aromatic rings. The molecule has 22 heavy (non-hydrogen) atoms. The molecule has 6 heteroatoms. The van der Waals surface area contributed by atoms with Crippen molar-refractivity contribution < 1.29 is 19.1 Å². The maximum atomic E-state index is 12.1. The van der Waals surface area contributed by atoms with Crippen molar-refractivity contribution in [3.05, 3.63) is 52.7 Å². The van der Waals surface area contributed by atoms with Crippen LogP contribution in [0.15, 0.2) is 36.4 Å². The molecule has 114 valence electrons. The SMILES string of the molecule is CCOC(=O)c1ccc(C(=O)OC)nc1-c1ccc(Cl)cc1. The number of rotatable bonds is 4. The third-order valence-electron chi connectivity index (χ3n) is 2.90. The first-order valence-electron chi connectivity index (χ1n) is 6.59. The van der Waals surface area contributed by atoms with Crippen LogP contribution in [0.4, 0.5) is 0 Å². The molecule has 0 aliphatic heterocycles. The molecule has 1 heterocycles. The maximum absolute atomic E-state index is 12.1. The predicted octanol–water partition coefficient (Wildman–Crippen LogP) is 3.37. The number of hydrogen-bond acceptors (Lipinski definition) is 5. The van der Waals surface area contributed by atoms with E-state index in [4.69, 9.17) is 16.3 Å². The zero-order valence-corrected chi connectivity index (χ0v) is 12.9. The zero-order valence-electron chi connectivity index (χ0n) is 12.1. The molecule has 0 atom stereocenters. The third-order valence-corrected chi connectivity index (χ3v) is 3.15. The Morgan fingerprint density at radius 1 is 1.09 bits per heavy atom. The van der Waals surface area contributed by atoms with Crippen LogP contribution in [0, 0.1) is 0 Å². The van der Waals surface area contributed by atoms with Crippen LogP contribution in [0.1, 0.15) is 27.8 Å². The van der Waals surface area contributed by atoms with Crippen molar-refractivity contribution in [3.8, 4) is 11.3 Å². The molecule has 2 rings (SSSR count). The lowest BCUT2D eigenvalue weighted by Gasteiger charge is -2.10. The molecule has 0 radical (unpaired) electrons. The Balaban J connectivity index is 2.56. The number of carbonyl (C=O) groups is 2. The standard InChI is InChI=1S/C16H14ClNO4/c1-3-22-15(19)12-8-9-13(16(20)21-2)18-14(12)10-4-6-11(17)7-5-10/h4-9H,3H2,1-2H3. The number of methoxy groups -OCH3 is 1. The van der Waals surface area contributed by atoms with E-state index in [0.717, 1.165) is 0 Å². The molecule has 0 bridgehead atoms. The topological polar surface area (TPSA) is 65.5 Å². The van der Waals surface area contributed by atoms with E-state index in [-0.39, 0.29) is 17.9 Å². The van der Waals surface area contributed by atoms with Gasteiger partial charge in [0.15, 0.2) is 0 Å². The first-order chi connectivity index (χ1) is 10.6. The smallest absolute Gasteiger partial charge is 0.356 e. The zero-order chi connectivity index (χ0) is 16.1. The normalized spacial score (nSPS) is 10.1. The van der Waals surface area contributed by atoms with E-state index in [1.54, 1.807) is 31.2 Å². The largest absolute Gasteiger partial charge is 0.464 e. The summed E-state index contributed by atoms with van der Waals surface area (Å²) in [5, 5.41) is 0.561. The van der Waals surface area contributed by atoms with Crippen LogP contribution in [0.25, 0.3) is 11.3 Å². The van der Waals surface area contributed by atoms with Gasteiger partial charge in [-0.25, -0.2) is 14.6 Å². The highest BCUT2D eigenvalue weighted by Gasteiger charge is 2.18. The fourth-order valence-corrected chi connectivity index (χ4v) is 2.00. The van der Waals surface area contributed by atoms with Crippen LogP contribution in [0.5, 0.6) is 0 Å². The molecule has 0 N–H and O–H groups in total. The lowest BCUT2D eigenvalue weighted by atomic mass is 10.1. The van der Waals surface area contributed by atoms with Crippen LogP contribution in [0.3, 0.4) is 0 Å². The predicted molar refractivity (Wildman–Crippen MR) is 82.0 cm³/mol. The van der Waals surface area contributed by atoms with Gasteiger partial charge >= 0.3 is 11.9 Å². The van der Waals surface area contributed by atoms with Crippen molar-refractivity contribution in [2.75, 3.05) is 13.7 Å². The molecule has 0 spiro atoms. The summed E-state index contributed by atoms with van der Waals surface area (Å²) in [6, 6.07) is 9.72. The van der Waals surface area contributed by atoms with E-state index in [1.807, 2.05) is 0 Å². The maximum Gasteiger partial charge on any atom is 0.356 e. The second-order valence-electron chi connectivity index (χ2n) is 4.31. The van der Waals surface area contributed by atoms with Crippen LogP contribution < -0.4 is 0 Å². The molecule has 0 saturated heterocycles. The molecule has 0 aliphatic carbocycles. The fourth-order valence-electron chi connectivity index (χ4n) is 1.88. The molecule has 0 saturated carbocycles. The van der Waals surface area contributed by atoms with Crippen LogP contribution in [0.2, 0.25) is 5.02 Å². The molecule has 1 aromatic heterocycles. The number of ether oxygens (including phenoxy) is 2. The van der Waals surface area contributed by atoms with E-state index in [1.165, 1.54) is 19.2 Å². The van der Waals surface area contributed by atoms with Gasteiger partial charge in [-0.3, -0.25) is 0 Å². The molecular weight excluding hydrogens is 306 g/mol. The number of nitrogens with zero attached hydrogens (tertiary/aromatic N) is 1. The highest BCUT2D eigenvalue weighted by molar-refractivity contribution is 6.30. The highest BCUT2D eigenvalue weighted by Crippen LogP contribution is 2.24. The van der Waals surface area contributed by atoms with Gasteiger partial charge in [0.05, 0.1) is 25.0 Å². The van der Waals surface area contributed by atoms with Gasteiger partial charge < -0.3 is 9.47 Å². The van der Waals surface area contributed by atoms with E-state index >= 15 is 0 Å². The van der Waals surface area contributed by atoms with Crippen LogP contribution in [-0.2, 0) is 9.47 Å². The van der Waals surface area contributed by atoms with Gasteiger partial charge in [-0.1, -0.05) is 23.7 Å². The van der Waals surface area contributed by atoms with Gasteiger partial charge in [0, 0.05) is 10.6 Å². The van der Waals surface area contributed by atoms with Crippen molar-refractivity contribution in [2.24, 2.45) is 0 Å². The average molecular weight is 320 g/mol. The van der Waals surface area contributed by atoms with Crippen molar-refractivity contribution in [1.29, 1.82) is 0 Å². The van der Waals surface area contributed by atoms with Crippen LogP contribution >= 0.6 is 11.6 Å². The number of halogens is 1. The lowest BCUT2D eigenvalue weighted by molar-refractivity contribution is 0.0523. The highest BCUT2D eigenvalue weighted by atomic mass is 35.5. The first-order valence-corrected chi connectivity index (χ1v) is 6.97. The third kappa shape index (κ3) is 3.43. The minimum Gasteiger partial charge on any atom is -0.464 e. The van der Waals surface area contributed by atoms with E-state index in [9.17, 15) is 9.59 Å². The quantitative estimate of drug-likeness (QED) is 0.808. The first kappa shape index (κ1) is 16.0. The van der Waals surface area contributed by atoms with Gasteiger partial charge in [-0.15, -0.1) is 0 Å². The fraction of sp³-hybridized carbons (Fsp3) is 0.188. The van der Waals surface area contributed by atoms with Crippen molar-refractivity contribution in [3.63, 3.8) is 0 Å². The summed E-state index contributed by atoms with van der Waals surface area (Å²) in [6.45, 7) is 1.97. The summed E-state index contributed by atoms with van der Waals surface area (Å²) < 4.78 is 9.67. The molecule has 0 aliphatic rings. The lowest BCUT2D eigenvalue weighted by Crippen LogP contribution is -2.11. The monoisotopic (exact) mass is 319 g/mol. The Morgan fingerprint density at radius 2 is 1.77 bits per heavy atom. The molecular formula is C16H14ClNO4. The summed E-state index contributed by atoms with van der Waals surface area (Å²) in [5.74, 6) is -1.08. The minimum atomic E-state index is -0.578. The summed E-state index contributed by atoms with van der Waals surface area (Å²) >= 11 is 5.87. The van der Waals surface area contributed by atoms with Gasteiger partial charge in [0.2, 0.25) is 0 Å². The van der Waals surface area contributed by atoms with Gasteiger partial charge in [-0.2, -0.15) is 0 Å². The Hall–Kier alpha value is -2.40. The Morgan fingerprint density at radius 3 is 2.36 bits per heavy atom. The Labute approximate surface area is 132 Å². The number of benzene rings is 1. The average Bonchev–Trinajstić information content (AvgIpc) is 2.54. The van der Waals surface area contributed by atoms with Gasteiger partial charge in [0.25, 0.3) is 0 Å². The number of carbonyl (C=O) groups excluding carboxylic acids is 2. The van der Waals surface area contributed by atoms with Crippen molar-refractivity contribution in [1.82, 2.24) is 4.98 Å². The Bertz CT molecular complexity index is 698.